The highest BCUT2D eigenvalue weighted by molar-refractivity contribution is 6.33. The van der Waals surface area contributed by atoms with E-state index in [0.717, 1.165) is 6.07 Å². The molecule has 2 N–H and O–H groups in total. The van der Waals surface area contributed by atoms with Crippen LogP contribution in [0.1, 0.15) is 29.5 Å². The number of oxime groups is 1. The molecule has 1 fully saturated rings. The molecule has 0 bridgehead atoms. The van der Waals surface area contributed by atoms with Gasteiger partial charge in [0.05, 0.1) is 27.9 Å². The van der Waals surface area contributed by atoms with Gasteiger partial charge in [-0.2, -0.15) is 26.3 Å². The summed E-state index contributed by atoms with van der Waals surface area (Å²) in [6.45, 7) is 0. The van der Waals surface area contributed by atoms with Gasteiger partial charge in [0, 0.05) is 22.6 Å². The number of hydrogen-bond acceptors (Lipinski definition) is 4. The molecule has 1 amide bonds. The predicted molar refractivity (Wildman–Crippen MR) is 113 cm³/mol. The van der Waals surface area contributed by atoms with E-state index in [1.807, 2.05) is 0 Å². The normalized spacial score (nSPS) is 24.0. The Balaban J connectivity index is 1.62. The van der Waals surface area contributed by atoms with Crippen LogP contribution in [0, 0.1) is 5.92 Å². The maximum Gasteiger partial charge on any atom is 0.435 e. The minimum absolute atomic E-state index is 0.0721. The molecular formula is C21H14Cl2F7N3O2. The van der Waals surface area contributed by atoms with Gasteiger partial charge in [-0.05, 0) is 36.8 Å². The van der Waals surface area contributed by atoms with Gasteiger partial charge >= 0.3 is 12.4 Å². The second-order valence-corrected chi connectivity index (χ2v) is 8.87. The summed E-state index contributed by atoms with van der Waals surface area (Å²) in [6, 6.07) is 5.45. The first kappa shape index (κ1) is 25.4. The van der Waals surface area contributed by atoms with Crippen molar-refractivity contribution in [2.45, 2.75) is 37.0 Å². The number of carbonyl (C=O) groups is 1. The number of hydrazine groups is 1. The SMILES string of the molecule is O=C(NNc1cc(C2=NO[C@](c3cc(Cl)cc(C(F)(F)F)c3)(C(F)(F)F)C2)ccc1Cl)[C@H]1C[C@@H]1F. The van der Waals surface area contributed by atoms with E-state index in [-0.39, 0.29) is 28.4 Å². The van der Waals surface area contributed by atoms with Crippen LogP contribution in [0.2, 0.25) is 10.0 Å². The molecule has 1 aliphatic carbocycles. The maximum absolute atomic E-state index is 14.2. The van der Waals surface area contributed by atoms with Gasteiger partial charge in [0.2, 0.25) is 5.91 Å². The van der Waals surface area contributed by atoms with E-state index in [9.17, 15) is 35.5 Å². The van der Waals surface area contributed by atoms with E-state index >= 15 is 0 Å². The van der Waals surface area contributed by atoms with Crippen LogP contribution in [0.4, 0.5) is 36.4 Å². The predicted octanol–water partition coefficient (Wildman–Crippen LogP) is 6.40. The molecule has 2 aliphatic rings. The molecule has 2 aromatic rings. The van der Waals surface area contributed by atoms with Gasteiger partial charge in [-0.1, -0.05) is 34.4 Å². The molecule has 188 valence electrons. The fourth-order valence-electron chi connectivity index (χ4n) is 3.50. The summed E-state index contributed by atoms with van der Waals surface area (Å²) in [6.07, 6.45) is -12.2. The maximum atomic E-state index is 14.2. The second kappa shape index (κ2) is 8.74. The highest BCUT2D eigenvalue weighted by atomic mass is 35.5. The summed E-state index contributed by atoms with van der Waals surface area (Å²) < 4.78 is 95.2. The minimum atomic E-state index is -5.17. The quantitative estimate of drug-likeness (QED) is 0.339. The third-order valence-corrected chi connectivity index (χ3v) is 6.09. The highest BCUT2D eigenvalue weighted by Crippen LogP contribution is 2.50. The zero-order chi connectivity index (χ0) is 25.8. The average molecular weight is 544 g/mol. The third kappa shape index (κ3) is 4.99. The van der Waals surface area contributed by atoms with Crippen LogP contribution in [0.25, 0.3) is 0 Å². The lowest BCUT2D eigenvalue weighted by molar-refractivity contribution is -0.276. The molecule has 35 heavy (non-hydrogen) atoms. The summed E-state index contributed by atoms with van der Waals surface area (Å²) in [7, 11) is 0. The van der Waals surface area contributed by atoms with E-state index in [1.165, 1.54) is 18.2 Å². The first-order valence-corrected chi connectivity index (χ1v) is 10.7. The van der Waals surface area contributed by atoms with Crippen molar-refractivity contribution in [3.8, 4) is 0 Å². The Morgan fingerprint density at radius 2 is 1.77 bits per heavy atom. The number of hydrogen-bond donors (Lipinski definition) is 2. The molecule has 5 nitrogen and oxygen atoms in total. The van der Waals surface area contributed by atoms with E-state index in [4.69, 9.17) is 28.0 Å². The van der Waals surface area contributed by atoms with E-state index < -0.39 is 58.5 Å². The fraction of sp³-hybridized carbons (Fsp3) is 0.333. The largest absolute Gasteiger partial charge is 0.435 e. The van der Waals surface area contributed by atoms with E-state index in [2.05, 4.69) is 16.0 Å². The molecule has 1 heterocycles. The zero-order valence-corrected chi connectivity index (χ0v) is 18.7. The van der Waals surface area contributed by atoms with Crippen LogP contribution in [-0.2, 0) is 21.4 Å². The van der Waals surface area contributed by atoms with E-state index in [1.54, 1.807) is 0 Å². The van der Waals surface area contributed by atoms with Crippen LogP contribution >= 0.6 is 23.2 Å². The van der Waals surface area contributed by atoms with Gasteiger partial charge in [-0.25, -0.2) is 4.39 Å². The molecule has 1 saturated carbocycles. The van der Waals surface area contributed by atoms with Gasteiger partial charge in [0.1, 0.15) is 6.17 Å². The lowest BCUT2D eigenvalue weighted by Crippen LogP contribution is -2.43. The number of nitrogens with one attached hydrogen (secondary N) is 2. The van der Waals surface area contributed by atoms with Crippen molar-refractivity contribution in [2.24, 2.45) is 11.1 Å². The van der Waals surface area contributed by atoms with Crippen molar-refractivity contribution in [3.05, 3.63) is 63.1 Å². The first-order chi connectivity index (χ1) is 16.2. The van der Waals surface area contributed by atoms with Crippen LogP contribution in [0.5, 0.6) is 0 Å². The molecule has 4 rings (SSSR count). The van der Waals surface area contributed by atoms with Crippen LogP contribution in [0.3, 0.4) is 0 Å². The third-order valence-electron chi connectivity index (χ3n) is 5.55. The number of anilines is 1. The molecule has 1 aliphatic heterocycles. The standard InChI is InChI=1S/C21H14Cl2F7N3O2/c22-12-5-10(4-11(6-12)20(25,26)27)19(21(28,29)30)8-17(33-35-19)9-1-2-14(23)16(3-9)31-32-18(34)13-7-15(13)24/h1-6,13,15,31H,7-8H2,(H,32,34)/t13-,15-,19+/m0/s1. The first-order valence-electron chi connectivity index (χ1n) is 9.91. The van der Waals surface area contributed by atoms with Gasteiger partial charge in [0.15, 0.2) is 0 Å². The van der Waals surface area contributed by atoms with Crippen molar-refractivity contribution >= 4 is 40.5 Å². The topological polar surface area (TPSA) is 62.7 Å². The van der Waals surface area contributed by atoms with Crippen molar-refractivity contribution in [1.29, 1.82) is 0 Å². The Morgan fingerprint density at radius 3 is 2.37 bits per heavy atom. The molecule has 14 heteroatoms. The lowest BCUT2D eigenvalue weighted by atomic mass is 9.85. The molecule has 2 aromatic carbocycles. The number of halogens is 9. The minimum Gasteiger partial charge on any atom is -0.374 e. The van der Waals surface area contributed by atoms with Gasteiger partial charge < -0.3 is 4.84 Å². The van der Waals surface area contributed by atoms with Crippen molar-refractivity contribution in [2.75, 3.05) is 5.43 Å². The number of amides is 1. The van der Waals surface area contributed by atoms with Gasteiger partial charge in [-0.3, -0.25) is 15.6 Å². The zero-order valence-electron chi connectivity index (χ0n) is 17.2. The van der Waals surface area contributed by atoms with Crippen LogP contribution < -0.4 is 10.9 Å². The Bertz CT molecular complexity index is 1200. The number of rotatable bonds is 5. The summed E-state index contributed by atoms with van der Waals surface area (Å²) in [5.74, 6) is -1.43. The monoisotopic (exact) mass is 543 g/mol. The van der Waals surface area contributed by atoms with Gasteiger partial charge in [-0.15, -0.1) is 0 Å². The molecule has 0 saturated heterocycles. The second-order valence-electron chi connectivity index (χ2n) is 8.02. The van der Waals surface area contributed by atoms with E-state index in [0.29, 0.717) is 12.1 Å². The number of benzene rings is 2. The van der Waals surface area contributed by atoms with Crippen molar-refractivity contribution < 1.29 is 40.4 Å². The Hall–Kier alpha value is -2.73. The van der Waals surface area contributed by atoms with Crippen LogP contribution in [-0.4, -0.2) is 24.0 Å². The molecule has 0 unspecified atom stereocenters. The summed E-state index contributed by atoms with van der Waals surface area (Å²) in [4.78, 5) is 16.6. The number of nitrogens with zero attached hydrogens (tertiary/aromatic N) is 1. The smallest absolute Gasteiger partial charge is 0.374 e. The highest BCUT2D eigenvalue weighted by Gasteiger charge is 2.62. The van der Waals surface area contributed by atoms with Crippen LogP contribution in [0.15, 0.2) is 41.6 Å². The van der Waals surface area contributed by atoms with Crippen molar-refractivity contribution in [1.82, 2.24) is 5.43 Å². The molecular weight excluding hydrogens is 530 g/mol. The molecule has 0 aromatic heterocycles. The Morgan fingerprint density at radius 1 is 1.09 bits per heavy atom. The Kier molecular flexibility index (Phi) is 6.33. The molecule has 3 atom stereocenters. The summed E-state index contributed by atoms with van der Waals surface area (Å²) in [5, 5.41) is 3.02. The average Bonchev–Trinajstić information content (AvgIpc) is 3.30. The molecule has 0 spiro atoms. The van der Waals surface area contributed by atoms with Gasteiger partial charge in [0.25, 0.3) is 5.60 Å². The fourth-order valence-corrected chi connectivity index (χ4v) is 3.90. The summed E-state index contributed by atoms with van der Waals surface area (Å²) >= 11 is 11.7. The van der Waals surface area contributed by atoms with Crippen molar-refractivity contribution in [3.63, 3.8) is 0 Å². The molecule has 0 radical (unpaired) electrons. The lowest BCUT2D eigenvalue weighted by Gasteiger charge is -2.30. The Labute approximate surface area is 203 Å². The number of alkyl halides is 7. The number of carbonyl (C=O) groups excluding carboxylic acids is 1. The summed E-state index contributed by atoms with van der Waals surface area (Å²) in [5.41, 5.74) is -0.818.